The zero-order chi connectivity index (χ0) is 35.2. The predicted octanol–water partition coefficient (Wildman–Crippen LogP) is 2.43. The van der Waals surface area contributed by atoms with E-state index in [0.29, 0.717) is 73.4 Å². The van der Waals surface area contributed by atoms with E-state index in [1.54, 1.807) is 17.9 Å². The number of carbonyl (C=O) groups is 2. The van der Waals surface area contributed by atoms with Gasteiger partial charge in [0, 0.05) is 31.2 Å². The van der Waals surface area contributed by atoms with Crippen molar-refractivity contribution in [1.82, 2.24) is 34.0 Å². The Morgan fingerprint density at radius 3 is 2.59 bits per heavy atom. The van der Waals surface area contributed by atoms with Gasteiger partial charge in [0.1, 0.15) is 17.8 Å². The van der Waals surface area contributed by atoms with Crippen LogP contribution < -0.4 is 20.9 Å². The minimum atomic E-state index is -2.99. The van der Waals surface area contributed by atoms with Gasteiger partial charge in [0.2, 0.25) is 12.2 Å². The van der Waals surface area contributed by atoms with E-state index in [2.05, 4.69) is 25.5 Å². The summed E-state index contributed by atoms with van der Waals surface area (Å²) in [7, 11) is 0. The lowest BCUT2D eigenvalue weighted by molar-refractivity contribution is -0.106. The Balaban J connectivity index is 0.00000151. The van der Waals surface area contributed by atoms with Gasteiger partial charge < -0.3 is 34.7 Å². The number of piperazine rings is 1. The Hall–Kier alpha value is -5.16. The fraction of sp³-hybridized carbons (Fsp3) is 0.387. The molecule has 0 unspecified atom stereocenters. The number of fused-ring (bicyclic) bond motifs is 1. The lowest BCUT2D eigenvalue weighted by Crippen LogP contribution is -2.51. The van der Waals surface area contributed by atoms with Crippen LogP contribution in [0.3, 0.4) is 0 Å². The molecule has 3 N–H and O–H groups in total. The number of ether oxygens (including phenoxy) is 2. The molecule has 1 fully saturated rings. The third kappa shape index (κ3) is 7.46. The van der Waals surface area contributed by atoms with Gasteiger partial charge in [-0.25, -0.2) is 9.97 Å². The Bertz CT molecular complexity index is 1940. The fourth-order valence-corrected chi connectivity index (χ4v) is 5.93. The van der Waals surface area contributed by atoms with E-state index in [-0.39, 0.29) is 53.8 Å². The van der Waals surface area contributed by atoms with E-state index in [1.165, 1.54) is 23.0 Å². The van der Waals surface area contributed by atoms with Crippen molar-refractivity contribution in [3.63, 3.8) is 0 Å². The molecule has 5 heterocycles. The number of rotatable bonds is 8. The number of halogens is 3. The van der Waals surface area contributed by atoms with E-state index in [1.807, 2.05) is 22.5 Å². The number of nitrogens with zero attached hydrogens (tertiary/aromatic N) is 8. The van der Waals surface area contributed by atoms with Gasteiger partial charge in [-0.3, -0.25) is 14.4 Å². The largest absolute Gasteiger partial charge is 0.504 e. The zero-order valence-electron chi connectivity index (χ0n) is 26.7. The van der Waals surface area contributed by atoms with Crippen LogP contribution in [0.25, 0.3) is 11.4 Å². The van der Waals surface area contributed by atoms with Crippen molar-refractivity contribution >= 4 is 41.0 Å². The molecular weight excluding hydrogens is 668 g/mol. The number of carbonyl (C=O) groups excluding carboxylic acids is 2. The summed E-state index contributed by atoms with van der Waals surface area (Å²) in [5, 5.41) is 15.2. The van der Waals surface area contributed by atoms with Crippen molar-refractivity contribution in [2.75, 3.05) is 44.3 Å². The first-order chi connectivity index (χ1) is 23.6. The molecule has 4 aromatic rings. The molecule has 0 aliphatic carbocycles. The normalized spacial score (nSPS) is 14.8. The molecule has 1 saturated heterocycles. The summed E-state index contributed by atoms with van der Waals surface area (Å²) in [6.07, 6.45) is 4.41. The highest BCUT2D eigenvalue weighted by molar-refractivity contribution is 6.31. The van der Waals surface area contributed by atoms with Crippen molar-refractivity contribution in [3.8, 4) is 11.5 Å². The number of hydrogen-bond acceptors (Lipinski definition) is 11. The molecule has 260 valence electrons. The van der Waals surface area contributed by atoms with Gasteiger partial charge in [0.25, 0.3) is 11.5 Å². The highest BCUT2D eigenvalue weighted by Gasteiger charge is 2.30. The highest BCUT2D eigenvalue weighted by Crippen LogP contribution is 2.29. The Labute approximate surface area is 283 Å². The van der Waals surface area contributed by atoms with Gasteiger partial charge in [-0.15, -0.1) is 5.10 Å². The number of aromatic hydroxyl groups is 1. The molecule has 6 rings (SSSR count). The number of aryl methyl sites for hydroxylation is 1. The Kier molecular flexibility index (Phi) is 11.0. The van der Waals surface area contributed by atoms with E-state index >= 15 is 0 Å². The number of benzene rings is 1. The summed E-state index contributed by atoms with van der Waals surface area (Å²) in [5.74, 6) is -0.0356. The van der Waals surface area contributed by atoms with Crippen molar-refractivity contribution < 1.29 is 33.0 Å². The summed E-state index contributed by atoms with van der Waals surface area (Å²) in [5.41, 5.74) is 6.59. The number of nitrogens with two attached hydrogens (primary N) is 1. The molecule has 2 aliphatic heterocycles. The second kappa shape index (κ2) is 15.4. The third-order valence-electron chi connectivity index (χ3n) is 8.08. The monoisotopic (exact) mass is 701 g/mol. The molecule has 0 radical (unpaired) electrons. The van der Waals surface area contributed by atoms with Crippen LogP contribution in [0.1, 0.15) is 46.6 Å². The number of anilines is 1. The van der Waals surface area contributed by atoms with Gasteiger partial charge in [0.05, 0.1) is 31.1 Å². The Morgan fingerprint density at radius 1 is 1.22 bits per heavy atom. The molecule has 0 bridgehead atoms. The lowest BCUT2D eigenvalue weighted by atomic mass is 10.1. The minimum absolute atomic E-state index is 0.0701. The summed E-state index contributed by atoms with van der Waals surface area (Å²) >= 11 is 6.53. The molecule has 3 aromatic heterocycles. The summed E-state index contributed by atoms with van der Waals surface area (Å²) in [6, 6.07) is 4.33. The van der Waals surface area contributed by atoms with Crippen LogP contribution in [0.4, 0.5) is 14.5 Å². The molecule has 1 aromatic carbocycles. The van der Waals surface area contributed by atoms with Crippen LogP contribution in [0.15, 0.2) is 35.4 Å². The minimum Gasteiger partial charge on any atom is -0.504 e. The molecule has 49 heavy (non-hydrogen) atoms. The smallest absolute Gasteiger partial charge is 0.387 e. The molecule has 0 saturated carbocycles. The van der Waals surface area contributed by atoms with Gasteiger partial charge in [-0.05, 0) is 43.0 Å². The molecule has 2 aliphatic rings. The zero-order valence-corrected chi connectivity index (χ0v) is 27.4. The molecule has 0 atom stereocenters. The third-order valence-corrected chi connectivity index (χ3v) is 8.43. The second-order valence-corrected chi connectivity index (χ2v) is 11.4. The van der Waals surface area contributed by atoms with E-state index < -0.39 is 12.5 Å². The first kappa shape index (κ1) is 35.2. The summed E-state index contributed by atoms with van der Waals surface area (Å²) in [4.78, 5) is 52.1. The average molecular weight is 702 g/mol. The fourth-order valence-electron chi connectivity index (χ4n) is 5.70. The van der Waals surface area contributed by atoms with Crippen LogP contribution in [-0.2, 0) is 22.5 Å². The number of hydrogen-bond donors (Lipinski definition) is 2. The molecular formula is C31H34ClF2N9O6. The van der Waals surface area contributed by atoms with Crippen molar-refractivity contribution in [3.05, 3.63) is 74.4 Å². The van der Waals surface area contributed by atoms with Crippen LogP contribution in [0, 0.1) is 6.92 Å². The number of primary amides is 1. The molecule has 18 heteroatoms. The number of amides is 2. The maximum absolute atomic E-state index is 14.2. The summed E-state index contributed by atoms with van der Waals surface area (Å²) in [6.45, 7) is 2.81. The number of aromatic nitrogens is 6. The molecule has 2 amide bonds. The Morgan fingerprint density at radius 2 is 1.96 bits per heavy atom. The predicted molar refractivity (Wildman–Crippen MR) is 174 cm³/mol. The van der Waals surface area contributed by atoms with Gasteiger partial charge in [0.15, 0.2) is 17.3 Å². The van der Waals surface area contributed by atoms with E-state index in [0.717, 1.165) is 5.57 Å². The molecule has 0 spiro atoms. The second-order valence-electron chi connectivity index (χ2n) is 10.9. The quantitative estimate of drug-likeness (QED) is 0.257. The van der Waals surface area contributed by atoms with Crippen LogP contribution in [0.5, 0.6) is 11.5 Å². The first-order valence-corrected chi connectivity index (χ1v) is 15.7. The van der Waals surface area contributed by atoms with Gasteiger partial charge in [-0.1, -0.05) is 30.7 Å². The average Bonchev–Trinajstić information content (AvgIpc) is 3.55. The van der Waals surface area contributed by atoms with Crippen molar-refractivity contribution in [2.45, 2.75) is 39.8 Å². The van der Waals surface area contributed by atoms with Crippen LogP contribution in [0.2, 0.25) is 5.02 Å². The number of alkyl halides is 2. The maximum atomic E-state index is 14.2. The van der Waals surface area contributed by atoms with Gasteiger partial charge in [-0.2, -0.15) is 18.3 Å². The van der Waals surface area contributed by atoms with Crippen molar-refractivity contribution in [1.29, 1.82) is 0 Å². The first-order valence-electron chi connectivity index (χ1n) is 15.3. The maximum Gasteiger partial charge on any atom is 0.387 e. The van der Waals surface area contributed by atoms with E-state index in [4.69, 9.17) is 26.1 Å². The lowest BCUT2D eigenvalue weighted by Gasteiger charge is -2.36. The van der Waals surface area contributed by atoms with Crippen LogP contribution in [-0.4, -0.2) is 97.5 Å². The topological polar surface area (TPSA) is 183 Å². The summed E-state index contributed by atoms with van der Waals surface area (Å²) < 4.78 is 38.7. The standard InChI is InChI=1S/C30H31ClF2N8O5.CH3NO/c1-3-22-24(38-8-10-39(11-9-38)27(43)23-25(42)17(2)34-16-35-23)28(44)41-30(36-26(37-41)18-6-12-45-13-7-18)40(22)15-19-4-5-20(14-21(19)31)46-29(32)33;2-1-3/h4-6,14,16,29,42H,3,7-13,15H2,1-2H3;1H,(H2,2,3). The van der Waals surface area contributed by atoms with Gasteiger partial charge >= 0.3 is 6.61 Å². The molecule has 15 nitrogen and oxygen atoms in total. The van der Waals surface area contributed by atoms with Crippen molar-refractivity contribution in [2.24, 2.45) is 5.73 Å². The van der Waals surface area contributed by atoms with E-state index in [9.17, 15) is 23.5 Å². The highest BCUT2D eigenvalue weighted by atomic mass is 35.5. The van der Waals surface area contributed by atoms with Crippen LogP contribution >= 0.6 is 11.6 Å². The SMILES string of the molecule is CCc1c(N2CCN(C(=O)c3ncnc(C)c3O)CC2)c(=O)n2nc(C3=CCOCC3)nc2n1Cc1ccc(OC(F)F)cc1Cl.NC=O.